The summed E-state index contributed by atoms with van der Waals surface area (Å²) >= 11 is 0. The van der Waals surface area contributed by atoms with Crippen molar-refractivity contribution in [2.75, 3.05) is 0 Å². The smallest absolute Gasteiger partial charge is 0.261 e. The molecule has 0 bridgehead atoms. The quantitative estimate of drug-likeness (QED) is 0.431. The van der Waals surface area contributed by atoms with Gasteiger partial charge in [0, 0.05) is 18.0 Å². The van der Waals surface area contributed by atoms with Crippen LogP contribution in [-0.4, -0.2) is 19.1 Å². The van der Waals surface area contributed by atoms with E-state index >= 15 is 0 Å². The fourth-order valence-electron chi connectivity index (χ4n) is 4.07. The van der Waals surface area contributed by atoms with Crippen molar-refractivity contribution in [3.05, 3.63) is 72.7 Å². The van der Waals surface area contributed by atoms with Crippen LogP contribution >= 0.6 is 0 Å². The van der Waals surface area contributed by atoms with E-state index in [1.807, 2.05) is 53.1 Å². The monoisotopic (exact) mass is 341 g/mol. The van der Waals surface area contributed by atoms with E-state index < -0.39 is 6.98 Å². The Morgan fingerprint density at radius 2 is 2.00 bits per heavy atom. The molecule has 0 aliphatic carbocycles. The van der Waals surface area contributed by atoms with E-state index in [9.17, 15) is 0 Å². The summed E-state index contributed by atoms with van der Waals surface area (Å²) < 4.78 is 30.5. The van der Waals surface area contributed by atoms with Crippen molar-refractivity contribution >= 4 is 22.1 Å². The number of imidazole rings is 1. The van der Waals surface area contributed by atoms with E-state index in [1.54, 1.807) is 18.6 Å². The Morgan fingerprint density at radius 3 is 2.88 bits per heavy atom. The minimum atomic E-state index is -2.37. The van der Waals surface area contributed by atoms with Gasteiger partial charge in [-0.25, -0.2) is 18.7 Å². The Balaban J connectivity index is 1.88. The molecule has 26 heavy (non-hydrogen) atoms. The van der Waals surface area contributed by atoms with E-state index in [0.29, 0.717) is 18.0 Å². The maximum absolute atomic E-state index is 8.34. The molecule has 0 atom stereocenters. The number of nitrogens with zero attached hydrogens (tertiary/aromatic N) is 5. The number of hydrogen-bond donors (Lipinski definition) is 0. The molecule has 0 saturated carbocycles. The molecule has 0 saturated heterocycles. The van der Waals surface area contributed by atoms with Crippen molar-refractivity contribution in [2.24, 2.45) is 6.98 Å². The van der Waals surface area contributed by atoms with Gasteiger partial charge in [-0.2, -0.15) is 0 Å². The van der Waals surface area contributed by atoms with Crippen molar-refractivity contribution in [3.63, 3.8) is 0 Å². The molecule has 1 aliphatic heterocycles. The van der Waals surface area contributed by atoms with Gasteiger partial charge in [-0.15, -0.1) is 0 Å². The fourth-order valence-corrected chi connectivity index (χ4v) is 4.07. The van der Waals surface area contributed by atoms with E-state index in [-0.39, 0.29) is 0 Å². The highest BCUT2D eigenvalue weighted by Gasteiger charge is 2.36. The topological polar surface area (TPSA) is 39.5 Å². The number of aryl methyl sites for hydroxylation is 1. The van der Waals surface area contributed by atoms with Gasteiger partial charge >= 0.3 is 0 Å². The molecule has 1 aromatic carbocycles. The van der Waals surface area contributed by atoms with Crippen LogP contribution in [-0.2, 0) is 13.5 Å². The Morgan fingerprint density at radius 1 is 1.08 bits per heavy atom. The van der Waals surface area contributed by atoms with E-state index in [1.165, 1.54) is 4.57 Å². The van der Waals surface area contributed by atoms with Gasteiger partial charge in [0.25, 0.3) is 11.5 Å². The normalized spacial score (nSPS) is 14.8. The predicted octanol–water partition coefficient (Wildman–Crippen LogP) is 3.23. The molecule has 1 aliphatic rings. The minimum Gasteiger partial charge on any atom is -0.261 e. The third kappa shape index (κ3) is 1.57. The lowest BCUT2D eigenvalue weighted by molar-refractivity contribution is -0.636. The number of para-hydroxylation sites is 1. The molecule has 0 amide bonds. The van der Waals surface area contributed by atoms with Crippen LogP contribution in [0.2, 0.25) is 0 Å². The lowest BCUT2D eigenvalue weighted by atomic mass is 10.2. The van der Waals surface area contributed by atoms with E-state index in [2.05, 4.69) is 14.5 Å². The summed E-state index contributed by atoms with van der Waals surface area (Å²) in [4.78, 5) is 8.83. The van der Waals surface area contributed by atoms with Crippen molar-refractivity contribution in [2.45, 2.75) is 6.54 Å². The van der Waals surface area contributed by atoms with Crippen molar-refractivity contribution < 1.29 is 8.68 Å². The fraction of sp³-hybridized carbons (Fsp3) is 0.0952. The zero-order valence-electron chi connectivity index (χ0n) is 16.8. The molecule has 0 radical (unpaired) electrons. The first-order valence-electron chi connectivity index (χ1n) is 9.98. The number of rotatable bonds is 1. The van der Waals surface area contributed by atoms with Gasteiger partial charge < -0.3 is 0 Å². The Hall–Kier alpha value is -3.47. The maximum Gasteiger partial charge on any atom is 0.274 e. The van der Waals surface area contributed by atoms with Crippen LogP contribution in [0.1, 0.15) is 9.68 Å². The zero-order chi connectivity index (χ0) is 19.8. The van der Waals surface area contributed by atoms with Crippen molar-refractivity contribution in [1.29, 1.82) is 0 Å². The summed E-state index contributed by atoms with van der Waals surface area (Å²) in [5, 5.41) is 0.968. The van der Waals surface area contributed by atoms with E-state index in [0.717, 1.165) is 33.4 Å². The zero-order valence-corrected chi connectivity index (χ0v) is 13.8. The van der Waals surface area contributed by atoms with Gasteiger partial charge in [-0.05, 0) is 24.3 Å². The first kappa shape index (κ1) is 11.2. The van der Waals surface area contributed by atoms with Crippen molar-refractivity contribution in [3.8, 4) is 17.2 Å². The highest BCUT2D eigenvalue weighted by atomic mass is 15.3. The van der Waals surface area contributed by atoms with Crippen LogP contribution in [0.15, 0.2) is 67.1 Å². The lowest BCUT2D eigenvalue weighted by Gasteiger charge is -2.03. The SMILES string of the molecule is [2H]C([2H])([2H])[n+]1c2n(c3c4ccncc4n(-c4ccccc4)c31)Cc1cccnc1-2. The largest absolute Gasteiger partial charge is 0.274 e. The average molecular weight is 341 g/mol. The van der Waals surface area contributed by atoms with Crippen LogP contribution in [0.3, 0.4) is 0 Å². The Bertz CT molecular complexity index is 1410. The highest BCUT2D eigenvalue weighted by molar-refractivity contribution is 6.05. The summed E-state index contributed by atoms with van der Waals surface area (Å²) in [7, 11) is 0. The molecule has 124 valence electrons. The predicted molar refractivity (Wildman–Crippen MR) is 100 cm³/mol. The minimum absolute atomic E-state index is 0.592. The molecule has 0 fully saturated rings. The number of aromatic nitrogens is 5. The highest BCUT2D eigenvalue weighted by Crippen LogP contribution is 2.37. The van der Waals surface area contributed by atoms with Gasteiger partial charge in [0.15, 0.2) is 5.52 Å². The van der Waals surface area contributed by atoms with Gasteiger partial charge in [0.05, 0.1) is 29.2 Å². The van der Waals surface area contributed by atoms with Gasteiger partial charge in [0.1, 0.15) is 16.9 Å². The summed E-state index contributed by atoms with van der Waals surface area (Å²) in [5.74, 6) is 0.619. The summed E-state index contributed by atoms with van der Waals surface area (Å²) in [5.41, 5.74) is 5.03. The summed E-state index contributed by atoms with van der Waals surface area (Å²) in [6, 6.07) is 15.6. The molecule has 0 spiro atoms. The summed E-state index contributed by atoms with van der Waals surface area (Å²) in [6.45, 7) is -1.78. The molecule has 6 rings (SSSR count). The third-order valence-corrected chi connectivity index (χ3v) is 5.11. The molecule has 5 nitrogen and oxygen atoms in total. The first-order chi connectivity index (χ1) is 14.1. The van der Waals surface area contributed by atoms with Crippen LogP contribution < -0.4 is 4.57 Å². The number of pyridine rings is 2. The van der Waals surface area contributed by atoms with Crippen molar-refractivity contribution in [1.82, 2.24) is 19.1 Å². The maximum atomic E-state index is 8.34. The number of hydrogen-bond acceptors (Lipinski definition) is 2. The molecular formula is C21H16N5+. The third-order valence-electron chi connectivity index (χ3n) is 5.11. The molecule has 0 unspecified atom stereocenters. The number of benzene rings is 1. The van der Waals surface area contributed by atoms with Crippen LogP contribution in [0, 0.1) is 0 Å². The molecule has 5 heterocycles. The second-order valence-electron chi connectivity index (χ2n) is 6.49. The Labute approximate surface area is 154 Å². The average Bonchev–Trinajstić information content (AvgIpc) is 3.34. The van der Waals surface area contributed by atoms with Crippen LogP contribution in [0.25, 0.3) is 39.3 Å². The van der Waals surface area contributed by atoms with Gasteiger partial charge in [-0.1, -0.05) is 24.3 Å². The lowest BCUT2D eigenvalue weighted by Crippen LogP contribution is -2.31. The van der Waals surface area contributed by atoms with E-state index in [4.69, 9.17) is 4.11 Å². The Kier molecular flexibility index (Phi) is 2.06. The number of fused-ring (bicyclic) bond motifs is 7. The molecule has 0 N–H and O–H groups in total. The summed E-state index contributed by atoms with van der Waals surface area (Å²) in [6.07, 6.45) is 5.25. The van der Waals surface area contributed by atoms with Crippen LogP contribution in [0.4, 0.5) is 0 Å². The second kappa shape index (κ2) is 4.79. The first-order valence-corrected chi connectivity index (χ1v) is 8.48. The molecule has 5 heteroatoms. The molecule has 4 aromatic heterocycles. The molecule has 5 aromatic rings. The molecular weight excluding hydrogens is 322 g/mol. The van der Waals surface area contributed by atoms with Gasteiger partial charge in [-0.3, -0.25) is 4.98 Å². The van der Waals surface area contributed by atoms with Gasteiger partial charge in [0.2, 0.25) is 0 Å². The standard InChI is InChI=1S/C21H16N5/c1-24-20-18-14(6-5-10-23-18)13-25(20)19-16-9-11-22-12-17(16)26(21(19)24)15-7-3-2-4-8-15/h2-12H,13H2,1H3/q+1/i1D3. The van der Waals surface area contributed by atoms with Crippen LogP contribution in [0.5, 0.6) is 0 Å². The second-order valence-corrected chi connectivity index (χ2v) is 6.49.